The Labute approximate surface area is 122 Å². The summed E-state index contributed by atoms with van der Waals surface area (Å²) in [7, 11) is 2.27. The van der Waals surface area contributed by atoms with Crippen molar-refractivity contribution in [3.8, 4) is 0 Å². The molecule has 0 aromatic heterocycles. The van der Waals surface area contributed by atoms with Crippen molar-refractivity contribution in [2.75, 3.05) is 45.5 Å². The Morgan fingerprint density at radius 1 is 1.26 bits per heavy atom. The summed E-state index contributed by atoms with van der Waals surface area (Å²) in [5.74, 6) is 1.27. The highest BCUT2D eigenvalue weighted by molar-refractivity contribution is 8.03. The number of hydrogen-bond acceptors (Lipinski definition) is 3. The maximum atomic E-state index is 2.60. The van der Waals surface area contributed by atoms with Gasteiger partial charge in [-0.25, -0.2) is 0 Å². The average Bonchev–Trinajstić information content (AvgIpc) is 2.96. The molecule has 0 aromatic carbocycles. The maximum absolute atomic E-state index is 2.60. The summed E-state index contributed by atoms with van der Waals surface area (Å²) < 4.78 is 0. The second-order valence-electron chi connectivity index (χ2n) is 5.65. The van der Waals surface area contributed by atoms with E-state index in [0.29, 0.717) is 0 Å². The molecule has 19 heavy (non-hydrogen) atoms. The first-order valence-corrected chi connectivity index (χ1v) is 8.72. The molecule has 0 atom stereocenters. The standard InChI is InChI=1S/C16H28N2S/c1-17(13-14-18-11-5-6-12-18)10-7-15-19-16-8-3-2-4-9-16/h2-3,8H,4-7,9-15H2,1H3. The van der Waals surface area contributed by atoms with E-state index in [4.69, 9.17) is 0 Å². The van der Waals surface area contributed by atoms with Crippen LogP contribution in [0.5, 0.6) is 0 Å². The zero-order valence-corrected chi connectivity index (χ0v) is 13.1. The fraction of sp³-hybridized carbons (Fsp3) is 0.750. The Balaban J connectivity index is 1.47. The Bertz CT molecular complexity index is 306. The van der Waals surface area contributed by atoms with Crippen LogP contribution in [0, 0.1) is 0 Å². The molecule has 2 aliphatic rings. The van der Waals surface area contributed by atoms with E-state index in [-0.39, 0.29) is 0 Å². The monoisotopic (exact) mass is 280 g/mol. The van der Waals surface area contributed by atoms with Crippen LogP contribution in [0.25, 0.3) is 0 Å². The van der Waals surface area contributed by atoms with E-state index in [2.05, 4.69) is 46.8 Å². The average molecular weight is 280 g/mol. The lowest BCUT2D eigenvalue weighted by Crippen LogP contribution is -2.32. The molecule has 1 heterocycles. The van der Waals surface area contributed by atoms with Gasteiger partial charge in [0.25, 0.3) is 0 Å². The molecule has 1 fully saturated rings. The summed E-state index contributed by atoms with van der Waals surface area (Å²) in [6.07, 6.45) is 13.4. The van der Waals surface area contributed by atoms with Crippen molar-refractivity contribution in [1.29, 1.82) is 0 Å². The van der Waals surface area contributed by atoms with Gasteiger partial charge in [-0.1, -0.05) is 18.2 Å². The number of likely N-dealkylation sites (tertiary alicyclic amines) is 1. The molecule has 108 valence electrons. The minimum atomic E-state index is 1.23. The molecular formula is C16H28N2S. The molecule has 0 amide bonds. The van der Waals surface area contributed by atoms with Gasteiger partial charge in [0.05, 0.1) is 0 Å². The molecule has 0 spiro atoms. The van der Waals surface area contributed by atoms with Crippen LogP contribution in [0.15, 0.2) is 23.1 Å². The SMILES string of the molecule is CN(CCCSC1=CC=CCC1)CCN1CCCC1. The molecule has 0 radical (unpaired) electrons. The van der Waals surface area contributed by atoms with Gasteiger partial charge in [0.1, 0.15) is 0 Å². The Hall–Kier alpha value is -0.250. The fourth-order valence-electron chi connectivity index (χ4n) is 2.67. The van der Waals surface area contributed by atoms with Crippen molar-refractivity contribution in [1.82, 2.24) is 9.80 Å². The van der Waals surface area contributed by atoms with Crippen LogP contribution in [-0.4, -0.2) is 55.3 Å². The molecule has 0 bridgehead atoms. The zero-order chi connectivity index (χ0) is 13.3. The number of hydrogen-bond donors (Lipinski definition) is 0. The Morgan fingerprint density at radius 3 is 2.84 bits per heavy atom. The van der Waals surface area contributed by atoms with E-state index in [1.807, 2.05) is 0 Å². The molecule has 1 aliphatic carbocycles. The first-order valence-electron chi connectivity index (χ1n) is 7.74. The smallest absolute Gasteiger partial charge is 0.0109 e. The van der Waals surface area contributed by atoms with Crippen molar-refractivity contribution < 1.29 is 0 Å². The maximum Gasteiger partial charge on any atom is 0.0109 e. The van der Waals surface area contributed by atoms with E-state index in [1.54, 1.807) is 4.91 Å². The normalized spacial score (nSPS) is 20.2. The van der Waals surface area contributed by atoms with Gasteiger partial charge in [0.2, 0.25) is 0 Å². The van der Waals surface area contributed by atoms with E-state index in [0.717, 1.165) is 0 Å². The van der Waals surface area contributed by atoms with E-state index >= 15 is 0 Å². The summed E-state index contributed by atoms with van der Waals surface area (Å²) >= 11 is 2.06. The third-order valence-corrected chi connectivity index (χ3v) is 5.15. The topological polar surface area (TPSA) is 6.48 Å². The van der Waals surface area contributed by atoms with Crippen molar-refractivity contribution in [2.24, 2.45) is 0 Å². The van der Waals surface area contributed by atoms with Gasteiger partial charge in [0.15, 0.2) is 0 Å². The summed E-state index contributed by atoms with van der Waals surface area (Å²) in [5, 5.41) is 0. The highest BCUT2D eigenvalue weighted by atomic mass is 32.2. The number of rotatable bonds is 8. The van der Waals surface area contributed by atoms with E-state index in [1.165, 1.54) is 70.6 Å². The fourth-order valence-corrected chi connectivity index (χ4v) is 3.64. The van der Waals surface area contributed by atoms with Crippen LogP contribution >= 0.6 is 11.8 Å². The molecule has 0 N–H and O–H groups in total. The third-order valence-electron chi connectivity index (χ3n) is 3.94. The Morgan fingerprint density at radius 2 is 2.11 bits per heavy atom. The van der Waals surface area contributed by atoms with Crippen molar-refractivity contribution >= 4 is 11.8 Å². The van der Waals surface area contributed by atoms with Crippen LogP contribution in [0.4, 0.5) is 0 Å². The lowest BCUT2D eigenvalue weighted by atomic mass is 10.2. The van der Waals surface area contributed by atoms with Crippen LogP contribution in [0.3, 0.4) is 0 Å². The quantitative estimate of drug-likeness (QED) is 0.629. The van der Waals surface area contributed by atoms with Crippen molar-refractivity contribution in [3.05, 3.63) is 23.1 Å². The summed E-state index contributed by atoms with van der Waals surface area (Å²) in [6, 6.07) is 0. The highest BCUT2D eigenvalue weighted by Crippen LogP contribution is 2.24. The number of nitrogens with zero attached hydrogens (tertiary/aromatic N) is 2. The third kappa shape index (κ3) is 6.15. The van der Waals surface area contributed by atoms with Crippen LogP contribution in [0.2, 0.25) is 0 Å². The summed E-state index contributed by atoms with van der Waals surface area (Å²) in [4.78, 5) is 6.67. The lowest BCUT2D eigenvalue weighted by Gasteiger charge is -2.21. The second-order valence-corrected chi connectivity index (χ2v) is 6.88. The minimum absolute atomic E-state index is 1.23. The number of allylic oxidation sites excluding steroid dienone is 4. The number of likely N-dealkylation sites (N-methyl/N-ethyl adjacent to an activating group) is 1. The molecule has 0 unspecified atom stereocenters. The number of thioether (sulfide) groups is 1. The van der Waals surface area contributed by atoms with Gasteiger partial charge < -0.3 is 9.80 Å². The zero-order valence-electron chi connectivity index (χ0n) is 12.3. The molecule has 1 aliphatic heterocycles. The lowest BCUT2D eigenvalue weighted by molar-refractivity contribution is 0.258. The van der Waals surface area contributed by atoms with Crippen molar-refractivity contribution in [2.45, 2.75) is 32.1 Å². The van der Waals surface area contributed by atoms with E-state index < -0.39 is 0 Å². The Kier molecular flexibility index (Phi) is 7.04. The minimum Gasteiger partial charge on any atom is -0.305 e. The molecule has 3 heteroatoms. The van der Waals surface area contributed by atoms with Gasteiger partial charge in [0, 0.05) is 13.1 Å². The molecule has 0 aromatic rings. The van der Waals surface area contributed by atoms with Crippen LogP contribution in [-0.2, 0) is 0 Å². The molecule has 1 saturated heterocycles. The molecule has 0 saturated carbocycles. The van der Waals surface area contributed by atoms with Gasteiger partial charge in [-0.3, -0.25) is 0 Å². The van der Waals surface area contributed by atoms with Gasteiger partial charge in [-0.2, -0.15) is 0 Å². The van der Waals surface area contributed by atoms with E-state index in [9.17, 15) is 0 Å². The predicted octanol–water partition coefficient (Wildman–Crippen LogP) is 3.37. The second kappa shape index (κ2) is 8.83. The van der Waals surface area contributed by atoms with Crippen molar-refractivity contribution in [3.63, 3.8) is 0 Å². The van der Waals surface area contributed by atoms with Gasteiger partial charge in [-0.15, -0.1) is 11.8 Å². The molecule has 2 rings (SSSR count). The predicted molar refractivity (Wildman–Crippen MR) is 86.7 cm³/mol. The van der Waals surface area contributed by atoms with Gasteiger partial charge >= 0.3 is 0 Å². The molecular weight excluding hydrogens is 252 g/mol. The van der Waals surface area contributed by atoms with Gasteiger partial charge in [-0.05, 0) is 69.4 Å². The van der Waals surface area contributed by atoms with Crippen LogP contribution in [0.1, 0.15) is 32.1 Å². The van der Waals surface area contributed by atoms with Crippen LogP contribution < -0.4 is 0 Å². The largest absolute Gasteiger partial charge is 0.305 e. The highest BCUT2D eigenvalue weighted by Gasteiger charge is 2.11. The first kappa shape index (κ1) is 15.1. The summed E-state index contributed by atoms with van der Waals surface area (Å²) in [5.41, 5.74) is 0. The summed E-state index contributed by atoms with van der Waals surface area (Å²) in [6.45, 7) is 6.39. The first-order chi connectivity index (χ1) is 9.34. The molecule has 2 nitrogen and oxygen atoms in total.